The van der Waals surface area contributed by atoms with Crippen LogP contribution < -0.4 is 4.74 Å². The first-order chi connectivity index (χ1) is 6.77. The standard InChI is InChI=1S/C8H7F2NO.C2H6.CH4/c9-7(10)6-2-1-5-3-4-12-8(5)11-6;1-2;/h1-2,7H,3-4H2;1-2H3;1H4. The third-order valence-electron chi connectivity index (χ3n) is 1.79. The van der Waals surface area contributed by atoms with Crippen molar-refractivity contribution in [3.05, 3.63) is 23.4 Å². The molecule has 0 bridgehead atoms. The van der Waals surface area contributed by atoms with E-state index in [0.717, 1.165) is 12.0 Å². The average Bonchev–Trinajstić information content (AvgIpc) is 2.67. The van der Waals surface area contributed by atoms with Gasteiger partial charge >= 0.3 is 0 Å². The number of pyridine rings is 1. The van der Waals surface area contributed by atoms with Crippen molar-refractivity contribution in [1.29, 1.82) is 0 Å². The van der Waals surface area contributed by atoms with Crippen LogP contribution in [0.15, 0.2) is 12.1 Å². The Morgan fingerprint density at radius 2 is 2.00 bits per heavy atom. The zero-order valence-electron chi connectivity index (χ0n) is 8.26. The van der Waals surface area contributed by atoms with E-state index in [9.17, 15) is 8.78 Å². The molecule has 0 saturated heterocycles. The molecule has 0 atom stereocenters. The average molecular weight is 217 g/mol. The second-order valence-corrected chi connectivity index (χ2v) is 2.60. The van der Waals surface area contributed by atoms with Crippen LogP contribution in [0.2, 0.25) is 0 Å². The summed E-state index contributed by atoms with van der Waals surface area (Å²) in [5, 5.41) is 0. The summed E-state index contributed by atoms with van der Waals surface area (Å²) < 4.78 is 29.3. The Kier molecular flexibility index (Phi) is 5.82. The van der Waals surface area contributed by atoms with Crippen LogP contribution in [0.25, 0.3) is 0 Å². The number of nitrogens with zero attached hydrogens (tertiary/aromatic N) is 1. The number of ether oxygens (including phenoxy) is 1. The minimum Gasteiger partial charge on any atom is -0.477 e. The number of hydrogen-bond acceptors (Lipinski definition) is 2. The molecule has 86 valence electrons. The number of alkyl halides is 2. The van der Waals surface area contributed by atoms with Crippen molar-refractivity contribution in [1.82, 2.24) is 4.98 Å². The fourth-order valence-corrected chi connectivity index (χ4v) is 1.18. The molecule has 15 heavy (non-hydrogen) atoms. The molecule has 0 saturated carbocycles. The molecule has 0 aliphatic carbocycles. The highest BCUT2D eigenvalue weighted by atomic mass is 19.3. The summed E-state index contributed by atoms with van der Waals surface area (Å²) in [5.41, 5.74) is 0.704. The highest BCUT2D eigenvalue weighted by molar-refractivity contribution is 5.31. The summed E-state index contributed by atoms with van der Waals surface area (Å²) in [6.45, 7) is 4.55. The Morgan fingerprint density at radius 3 is 2.60 bits per heavy atom. The molecule has 2 nitrogen and oxygen atoms in total. The van der Waals surface area contributed by atoms with Gasteiger partial charge in [0.15, 0.2) is 0 Å². The fraction of sp³-hybridized carbons (Fsp3) is 0.545. The van der Waals surface area contributed by atoms with Crippen LogP contribution in [0.3, 0.4) is 0 Å². The molecule has 2 heterocycles. The molecular formula is C11H17F2NO. The van der Waals surface area contributed by atoms with Gasteiger partial charge in [0.1, 0.15) is 5.69 Å². The summed E-state index contributed by atoms with van der Waals surface area (Å²) in [6, 6.07) is 3.00. The molecule has 0 amide bonds. The quantitative estimate of drug-likeness (QED) is 0.716. The molecule has 0 radical (unpaired) electrons. The van der Waals surface area contributed by atoms with E-state index in [4.69, 9.17) is 4.74 Å². The van der Waals surface area contributed by atoms with Gasteiger partial charge in [0.25, 0.3) is 6.43 Å². The lowest BCUT2D eigenvalue weighted by atomic mass is 10.2. The third-order valence-corrected chi connectivity index (χ3v) is 1.79. The maximum atomic E-state index is 12.1. The van der Waals surface area contributed by atoms with Crippen molar-refractivity contribution < 1.29 is 13.5 Å². The van der Waals surface area contributed by atoms with Gasteiger partial charge < -0.3 is 4.74 Å². The molecular weight excluding hydrogens is 200 g/mol. The van der Waals surface area contributed by atoms with E-state index in [1.54, 1.807) is 6.07 Å². The van der Waals surface area contributed by atoms with Gasteiger partial charge in [0.05, 0.1) is 6.61 Å². The van der Waals surface area contributed by atoms with Crippen LogP contribution in [-0.4, -0.2) is 11.6 Å². The zero-order chi connectivity index (χ0) is 10.6. The largest absolute Gasteiger partial charge is 0.477 e. The van der Waals surface area contributed by atoms with E-state index >= 15 is 0 Å². The topological polar surface area (TPSA) is 22.1 Å². The number of hydrogen-bond donors (Lipinski definition) is 0. The molecule has 0 unspecified atom stereocenters. The van der Waals surface area contributed by atoms with Crippen LogP contribution in [0.5, 0.6) is 5.88 Å². The lowest BCUT2D eigenvalue weighted by Crippen LogP contribution is -1.92. The van der Waals surface area contributed by atoms with Crippen LogP contribution in [-0.2, 0) is 6.42 Å². The smallest absolute Gasteiger partial charge is 0.280 e. The Hall–Kier alpha value is -1.19. The molecule has 1 aliphatic heterocycles. The summed E-state index contributed by atoms with van der Waals surface area (Å²) in [4.78, 5) is 3.68. The Morgan fingerprint density at radius 1 is 1.33 bits per heavy atom. The van der Waals surface area contributed by atoms with Crippen LogP contribution in [0.4, 0.5) is 8.78 Å². The van der Waals surface area contributed by atoms with Crippen molar-refractivity contribution >= 4 is 0 Å². The monoisotopic (exact) mass is 217 g/mol. The predicted molar refractivity (Wildman–Crippen MR) is 56.5 cm³/mol. The molecule has 0 aromatic carbocycles. The summed E-state index contributed by atoms with van der Waals surface area (Å²) in [5.74, 6) is 0.368. The zero-order valence-corrected chi connectivity index (χ0v) is 8.26. The van der Waals surface area contributed by atoms with Crippen molar-refractivity contribution in [2.45, 2.75) is 34.1 Å². The van der Waals surface area contributed by atoms with Gasteiger partial charge in [0, 0.05) is 12.0 Å². The van der Waals surface area contributed by atoms with Gasteiger partial charge in [-0.15, -0.1) is 0 Å². The number of aromatic nitrogens is 1. The highest BCUT2D eigenvalue weighted by Gasteiger charge is 2.17. The Labute approximate surface area is 89.3 Å². The van der Waals surface area contributed by atoms with Gasteiger partial charge in [-0.3, -0.25) is 0 Å². The molecule has 0 N–H and O–H groups in total. The lowest BCUT2D eigenvalue weighted by Gasteiger charge is -2.00. The van der Waals surface area contributed by atoms with E-state index in [1.807, 2.05) is 13.8 Å². The van der Waals surface area contributed by atoms with Crippen LogP contribution >= 0.6 is 0 Å². The summed E-state index contributed by atoms with van der Waals surface area (Å²) in [7, 11) is 0. The second-order valence-electron chi connectivity index (χ2n) is 2.60. The van der Waals surface area contributed by atoms with Gasteiger partial charge in [-0.1, -0.05) is 27.3 Å². The van der Waals surface area contributed by atoms with Crippen LogP contribution in [0.1, 0.15) is 39.0 Å². The Bertz CT molecular complexity index is 303. The van der Waals surface area contributed by atoms with E-state index in [2.05, 4.69) is 4.98 Å². The summed E-state index contributed by atoms with van der Waals surface area (Å²) in [6.07, 6.45) is -1.74. The molecule has 0 spiro atoms. The van der Waals surface area contributed by atoms with Crippen molar-refractivity contribution in [2.75, 3.05) is 6.61 Å². The van der Waals surface area contributed by atoms with E-state index in [1.165, 1.54) is 6.07 Å². The Balaban J connectivity index is 0.000000617. The van der Waals surface area contributed by atoms with E-state index in [0.29, 0.717) is 12.5 Å². The van der Waals surface area contributed by atoms with E-state index < -0.39 is 6.43 Å². The number of rotatable bonds is 1. The van der Waals surface area contributed by atoms with Crippen molar-refractivity contribution in [2.24, 2.45) is 0 Å². The first-order valence-electron chi connectivity index (χ1n) is 4.68. The van der Waals surface area contributed by atoms with Gasteiger partial charge in [-0.25, -0.2) is 13.8 Å². The second kappa shape index (κ2) is 6.32. The molecule has 4 heteroatoms. The molecule has 1 aliphatic rings. The highest BCUT2D eigenvalue weighted by Crippen LogP contribution is 2.26. The maximum Gasteiger partial charge on any atom is 0.280 e. The SMILES string of the molecule is C.CC.FC(F)c1ccc2c(n1)OCC2. The van der Waals surface area contributed by atoms with Crippen LogP contribution in [0, 0.1) is 0 Å². The number of halogens is 2. The molecule has 1 aromatic heterocycles. The minimum atomic E-state index is -2.51. The van der Waals surface area contributed by atoms with Crippen molar-refractivity contribution in [3.8, 4) is 5.88 Å². The van der Waals surface area contributed by atoms with Gasteiger partial charge in [0.2, 0.25) is 5.88 Å². The summed E-state index contributed by atoms with van der Waals surface area (Å²) >= 11 is 0. The maximum absolute atomic E-state index is 12.1. The molecule has 2 rings (SSSR count). The predicted octanol–water partition coefficient (Wildman–Crippen LogP) is 3.62. The number of fused-ring (bicyclic) bond motifs is 1. The van der Waals surface area contributed by atoms with Crippen molar-refractivity contribution in [3.63, 3.8) is 0 Å². The lowest BCUT2D eigenvalue weighted by molar-refractivity contribution is 0.145. The van der Waals surface area contributed by atoms with Gasteiger partial charge in [-0.2, -0.15) is 0 Å². The first-order valence-corrected chi connectivity index (χ1v) is 4.68. The molecule has 0 fully saturated rings. The first kappa shape index (κ1) is 13.8. The minimum absolute atomic E-state index is 0. The van der Waals surface area contributed by atoms with Gasteiger partial charge in [-0.05, 0) is 6.07 Å². The third kappa shape index (κ3) is 3.15. The fourth-order valence-electron chi connectivity index (χ4n) is 1.18. The molecule has 1 aromatic rings. The normalized spacial score (nSPS) is 12.1. The van der Waals surface area contributed by atoms with E-state index in [-0.39, 0.29) is 13.1 Å².